The molecule has 0 unspecified atom stereocenters. The number of carbonyl (C=O) groups is 1. The van der Waals surface area contributed by atoms with Crippen molar-refractivity contribution in [2.75, 3.05) is 6.54 Å². The van der Waals surface area contributed by atoms with Gasteiger partial charge >= 0.3 is 0 Å². The number of carbonyl (C=O) groups excluding carboxylic acids is 1. The van der Waals surface area contributed by atoms with Crippen LogP contribution in [0.15, 0.2) is 30.3 Å². The van der Waals surface area contributed by atoms with E-state index >= 15 is 0 Å². The van der Waals surface area contributed by atoms with Crippen molar-refractivity contribution in [2.24, 2.45) is 0 Å². The highest BCUT2D eigenvalue weighted by atomic mass is 35.5. The molecule has 0 saturated carbocycles. The van der Waals surface area contributed by atoms with E-state index in [1.165, 1.54) is 25.7 Å². The maximum atomic E-state index is 11.6. The van der Waals surface area contributed by atoms with Gasteiger partial charge < -0.3 is 5.32 Å². The molecule has 0 aromatic heterocycles. The molecule has 1 aromatic carbocycles. The Labute approximate surface area is 120 Å². The average molecular weight is 280 g/mol. The Bertz CT molecular complexity index is 415. The molecule has 1 aromatic rings. The first-order valence-electron chi connectivity index (χ1n) is 6.94. The van der Waals surface area contributed by atoms with Crippen LogP contribution in [0.2, 0.25) is 5.02 Å². The lowest BCUT2D eigenvalue weighted by molar-refractivity contribution is -0.116. The van der Waals surface area contributed by atoms with Gasteiger partial charge in [-0.05, 0) is 30.2 Å². The van der Waals surface area contributed by atoms with E-state index in [0.717, 1.165) is 18.5 Å². The fraction of sp³-hybridized carbons (Fsp3) is 0.438. The number of nitrogens with one attached hydrogen (secondary N) is 1. The second kappa shape index (κ2) is 9.62. The Balaban J connectivity index is 2.20. The van der Waals surface area contributed by atoms with Crippen molar-refractivity contribution in [1.29, 1.82) is 0 Å². The first-order chi connectivity index (χ1) is 9.22. The lowest BCUT2D eigenvalue weighted by Crippen LogP contribution is -2.21. The van der Waals surface area contributed by atoms with Crippen molar-refractivity contribution in [3.05, 3.63) is 40.9 Å². The maximum Gasteiger partial charge on any atom is 0.243 e. The zero-order valence-electron chi connectivity index (χ0n) is 11.5. The predicted molar refractivity (Wildman–Crippen MR) is 82.3 cm³/mol. The van der Waals surface area contributed by atoms with Crippen molar-refractivity contribution in [3.8, 4) is 0 Å². The van der Waals surface area contributed by atoms with Gasteiger partial charge in [-0.2, -0.15) is 0 Å². The second-order valence-corrected chi connectivity index (χ2v) is 5.03. The number of hydrogen-bond acceptors (Lipinski definition) is 1. The summed E-state index contributed by atoms with van der Waals surface area (Å²) in [5, 5.41) is 3.56. The third-order valence-corrected chi connectivity index (χ3v) is 3.09. The van der Waals surface area contributed by atoms with Crippen molar-refractivity contribution in [2.45, 2.75) is 39.0 Å². The quantitative estimate of drug-likeness (QED) is 0.553. The molecule has 19 heavy (non-hydrogen) atoms. The van der Waals surface area contributed by atoms with Gasteiger partial charge in [-0.3, -0.25) is 4.79 Å². The number of rotatable bonds is 8. The molecule has 0 fully saturated rings. The molecule has 0 aliphatic carbocycles. The van der Waals surface area contributed by atoms with Gasteiger partial charge in [0.05, 0.1) is 0 Å². The first-order valence-corrected chi connectivity index (χ1v) is 7.31. The highest BCUT2D eigenvalue weighted by Crippen LogP contribution is 2.11. The summed E-state index contributed by atoms with van der Waals surface area (Å²) in [7, 11) is 0. The number of benzene rings is 1. The fourth-order valence-electron chi connectivity index (χ4n) is 1.78. The molecule has 2 nitrogen and oxygen atoms in total. The number of hydrogen-bond donors (Lipinski definition) is 1. The molecule has 0 radical (unpaired) electrons. The van der Waals surface area contributed by atoms with E-state index in [0.29, 0.717) is 5.02 Å². The van der Waals surface area contributed by atoms with E-state index in [9.17, 15) is 4.79 Å². The Morgan fingerprint density at radius 2 is 2.05 bits per heavy atom. The molecule has 1 rings (SSSR count). The van der Waals surface area contributed by atoms with Gasteiger partial charge in [-0.25, -0.2) is 0 Å². The zero-order valence-corrected chi connectivity index (χ0v) is 12.2. The summed E-state index contributed by atoms with van der Waals surface area (Å²) in [6, 6.07) is 7.43. The molecular formula is C16H22ClNO. The van der Waals surface area contributed by atoms with Crippen LogP contribution in [0.4, 0.5) is 0 Å². The van der Waals surface area contributed by atoms with E-state index in [2.05, 4.69) is 12.2 Å². The summed E-state index contributed by atoms with van der Waals surface area (Å²) in [5.41, 5.74) is 0.936. The molecule has 0 aliphatic heterocycles. The van der Waals surface area contributed by atoms with Crippen molar-refractivity contribution in [3.63, 3.8) is 0 Å². The standard InChI is InChI=1S/C16H22ClNO/c1-2-3-4-5-6-12-18-16(19)11-10-14-8-7-9-15(17)13-14/h7-11,13H,2-6,12H2,1H3,(H,18,19)/b11-10+. The molecule has 0 aliphatic rings. The van der Waals surface area contributed by atoms with Crippen LogP contribution in [-0.2, 0) is 4.79 Å². The van der Waals surface area contributed by atoms with Crippen molar-refractivity contribution >= 4 is 23.6 Å². The van der Waals surface area contributed by atoms with Gasteiger partial charge in [0.15, 0.2) is 0 Å². The summed E-state index contributed by atoms with van der Waals surface area (Å²) < 4.78 is 0. The molecule has 104 valence electrons. The average Bonchev–Trinajstić information content (AvgIpc) is 2.40. The van der Waals surface area contributed by atoms with Crippen LogP contribution < -0.4 is 5.32 Å². The largest absolute Gasteiger partial charge is 0.353 e. The first kappa shape index (κ1) is 15.8. The molecule has 0 saturated heterocycles. The van der Waals surface area contributed by atoms with Gasteiger partial charge in [-0.15, -0.1) is 0 Å². The number of unbranched alkanes of at least 4 members (excludes halogenated alkanes) is 4. The molecule has 1 N–H and O–H groups in total. The normalized spacial score (nSPS) is 10.8. The van der Waals surface area contributed by atoms with Gasteiger partial charge in [0.2, 0.25) is 5.91 Å². The van der Waals surface area contributed by atoms with E-state index in [4.69, 9.17) is 11.6 Å². The Kier molecular flexibility index (Phi) is 7.99. The molecule has 1 amide bonds. The zero-order chi connectivity index (χ0) is 13.9. The number of amides is 1. The van der Waals surface area contributed by atoms with Gasteiger partial charge in [-0.1, -0.05) is 56.3 Å². The minimum Gasteiger partial charge on any atom is -0.353 e. The highest BCUT2D eigenvalue weighted by Gasteiger charge is 1.95. The monoisotopic (exact) mass is 279 g/mol. The van der Waals surface area contributed by atoms with Gasteiger partial charge in [0.25, 0.3) is 0 Å². The Hall–Kier alpha value is -1.28. The molecular weight excluding hydrogens is 258 g/mol. The lowest BCUT2D eigenvalue weighted by Gasteiger charge is -2.02. The molecule has 0 bridgehead atoms. The highest BCUT2D eigenvalue weighted by molar-refractivity contribution is 6.30. The SMILES string of the molecule is CCCCCCCNC(=O)/C=C/c1cccc(Cl)c1. The summed E-state index contributed by atoms with van der Waals surface area (Å²) in [5.74, 6) is -0.0459. The minimum absolute atomic E-state index is 0.0459. The lowest BCUT2D eigenvalue weighted by atomic mass is 10.1. The van der Waals surface area contributed by atoms with Crippen LogP contribution in [0.25, 0.3) is 6.08 Å². The van der Waals surface area contributed by atoms with Crippen LogP contribution in [0, 0.1) is 0 Å². The molecule has 0 atom stereocenters. The molecule has 0 heterocycles. The summed E-state index contributed by atoms with van der Waals surface area (Å²) in [4.78, 5) is 11.6. The fourth-order valence-corrected chi connectivity index (χ4v) is 1.98. The topological polar surface area (TPSA) is 29.1 Å². The smallest absolute Gasteiger partial charge is 0.243 e. The maximum absolute atomic E-state index is 11.6. The third-order valence-electron chi connectivity index (χ3n) is 2.86. The minimum atomic E-state index is -0.0459. The van der Waals surface area contributed by atoms with Crippen LogP contribution >= 0.6 is 11.6 Å². The molecule has 0 spiro atoms. The van der Waals surface area contributed by atoms with E-state index in [1.807, 2.05) is 24.3 Å². The van der Waals surface area contributed by atoms with E-state index in [-0.39, 0.29) is 5.91 Å². The summed E-state index contributed by atoms with van der Waals surface area (Å²) in [6.45, 7) is 2.95. The van der Waals surface area contributed by atoms with Crippen molar-refractivity contribution in [1.82, 2.24) is 5.32 Å². The number of halogens is 1. The van der Waals surface area contributed by atoms with Crippen LogP contribution in [0.1, 0.15) is 44.6 Å². The van der Waals surface area contributed by atoms with Crippen molar-refractivity contribution < 1.29 is 4.79 Å². The predicted octanol–water partition coefficient (Wildman–Crippen LogP) is 4.44. The Morgan fingerprint density at radius 1 is 1.26 bits per heavy atom. The summed E-state index contributed by atoms with van der Waals surface area (Å²) in [6.07, 6.45) is 9.35. The molecule has 3 heteroatoms. The van der Waals surface area contributed by atoms with Crippen LogP contribution in [-0.4, -0.2) is 12.5 Å². The van der Waals surface area contributed by atoms with Crippen LogP contribution in [0.5, 0.6) is 0 Å². The van der Waals surface area contributed by atoms with Gasteiger partial charge in [0, 0.05) is 17.6 Å². The van der Waals surface area contributed by atoms with Gasteiger partial charge in [0.1, 0.15) is 0 Å². The van der Waals surface area contributed by atoms with E-state index < -0.39 is 0 Å². The van der Waals surface area contributed by atoms with Crippen LogP contribution in [0.3, 0.4) is 0 Å². The summed E-state index contributed by atoms with van der Waals surface area (Å²) >= 11 is 5.87. The van der Waals surface area contributed by atoms with E-state index in [1.54, 1.807) is 12.2 Å². The Morgan fingerprint density at radius 3 is 2.79 bits per heavy atom. The third kappa shape index (κ3) is 7.68. The second-order valence-electron chi connectivity index (χ2n) is 4.59.